The number of rotatable bonds is 5. The van der Waals surface area contributed by atoms with E-state index >= 15 is 0 Å². The first kappa shape index (κ1) is 18.8. The van der Waals surface area contributed by atoms with Gasteiger partial charge in [0.15, 0.2) is 5.84 Å². The van der Waals surface area contributed by atoms with Crippen molar-refractivity contribution in [3.05, 3.63) is 34.9 Å². The van der Waals surface area contributed by atoms with Gasteiger partial charge in [-0.15, -0.1) is 0 Å². The number of carbonyl (C=O) groups excluding carboxylic acids is 1. The first-order chi connectivity index (χ1) is 10.5. The van der Waals surface area contributed by atoms with Crippen LogP contribution >= 0.6 is 0 Å². The molecule has 0 atom stereocenters. The number of oxime groups is 1. The van der Waals surface area contributed by atoms with Gasteiger partial charge in [0, 0.05) is 17.7 Å². The summed E-state index contributed by atoms with van der Waals surface area (Å²) in [5.74, 6) is -2.57. The summed E-state index contributed by atoms with van der Waals surface area (Å²) < 4.78 is 33.1. The molecule has 0 fully saturated rings. The van der Waals surface area contributed by atoms with Gasteiger partial charge in [-0.1, -0.05) is 5.16 Å². The van der Waals surface area contributed by atoms with Gasteiger partial charge in [0.25, 0.3) is 0 Å². The number of nitrogens with two attached hydrogens (primary N) is 1. The van der Waals surface area contributed by atoms with E-state index in [9.17, 15) is 13.6 Å². The predicted octanol–water partition coefficient (Wildman–Crippen LogP) is 1.83. The summed E-state index contributed by atoms with van der Waals surface area (Å²) in [4.78, 5) is 13.1. The molecule has 3 N–H and O–H groups in total. The number of carbonyl (C=O) groups is 1. The van der Waals surface area contributed by atoms with Gasteiger partial charge in [0.1, 0.15) is 17.2 Å². The number of amidine groups is 1. The molecule has 0 saturated heterocycles. The molecule has 23 heavy (non-hydrogen) atoms. The van der Waals surface area contributed by atoms with Crippen LogP contribution in [-0.4, -0.2) is 41.1 Å². The van der Waals surface area contributed by atoms with Crippen LogP contribution in [0, 0.1) is 11.6 Å². The van der Waals surface area contributed by atoms with Gasteiger partial charge in [0.05, 0.1) is 6.54 Å². The monoisotopic (exact) mass is 329 g/mol. The molecule has 0 aliphatic rings. The van der Waals surface area contributed by atoms with Crippen LogP contribution in [0.4, 0.5) is 8.78 Å². The fourth-order valence-corrected chi connectivity index (χ4v) is 1.88. The van der Waals surface area contributed by atoms with E-state index < -0.39 is 29.0 Å². The number of hydrogen-bond acceptors (Lipinski definition) is 5. The third kappa shape index (κ3) is 5.82. The Morgan fingerprint density at radius 3 is 2.30 bits per heavy atom. The molecule has 0 aromatic heterocycles. The highest BCUT2D eigenvalue weighted by atomic mass is 19.1. The summed E-state index contributed by atoms with van der Waals surface area (Å²) in [6.07, 6.45) is 0. The molecule has 0 aliphatic carbocycles. The Hall–Kier alpha value is -2.22. The van der Waals surface area contributed by atoms with Gasteiger partial charge in [-0.3, -0.25) is 9.69 Å². The topological polar surface area (TPSA) is 88.2 Å². The van der Waals surface area contributed by atoms with Crippen LogP contribution in [-0.2, 0) is 16.1 Å². The van der Waals surface area contributed by atoms with Crippen LogP contribution < -0.4 is 5.73 Å². The van der Waals surface area contributed by atoms with Crippen molar-refractivity contribution in [1.82, 2.24) is 4.90 Å². The zero-order valence-electron chi connectivity index (χ0n) is 13.6. The molecule has 128 valence electrons. The first-order valence-electron chi connectivity index (χ1n) is 6.89. The summed E-state index contributed by atoms with van der Waals surface area (Å²) in [6.45, 7) is 4.95. The van der Waals surface area contributed by atoms with Crippen molar-refractivity contribution >= 4 is 11.8 Å². The quantitative estimate of drug-likeness (QED) is 0.283. The largest absolute Gasteiger partial charge is 0.459 e. The van der Waals surface area contributed by atoms with Crippen LogP contribution in [0.2, 0.25) is 0 Å². The van der Waals surface area contributed by atoms with E-state index in [-0.39, 0.29) is 24.2 Å². The van der Waals surface area contributed by atoms with E-state index in [4.69, 9.17) is 15.7 Å². The van der Waals surface area contributed by atoms with Crippen molar-refractivity contribution in [2.45, 2.75) is 32.9 Å². The highest BCUT2D eigenvalue weighted by Crippen LogP contribution is 2.17. The molecule has 6 nitrogen and oxygen atoms in total. The summed E-state index contributed by atoms with van der Waals surface area (Å²) in [7, 11) is 1.54. The minimum Gasteiger partial charge on any atom is -0.459 e. The fraction of sp³-hybridized carbons (Fsp3) is 0.467. The normalized spacial score (nSPS) is 12.6. The molecule has 0 aliphatic heterocycles. The van der Waals surface area contributed by atoms with E-state index in [1.807, 2.05) is 0 Å². The molecule has 8 heteroatoms. The van der Waals surface area contributed by atoms with Gasteiger partial charge in [-0.05, 0) is 40.0 Å². The third-order valence-electron chi connectivity index (χ3n) is 2.79. The molecule has 0 heterocycles. The van der Waals surface area contributed by atoms with Crippen molar-refractivity contribution in [2.75, 3.05) is 13.6 Å². The van der Waals surface area contributed by atoms with E-state index in [1.54, 1.807) is 27.8 Å². The number of likely N-dealkylation sites (N-methyl/N-ethyl adjacent to an activating group) is 1. The molecular formula is C15H21F2N3O3. The Labute approximate surface area is 133 Å². The number of halogens is 2. The molecule has 0 radical (unpaired) electrons. The van der Waals surface area contributed by atoms with Crippen LogP contribution in [0.15, 0.2) is 17.3 Å². The summed E-state index contributed by atoms with van der Waals surface area (Å²) >= 11 is 0. The Balaban J connectivity index is 2.83. The molecule has 0 bridgehead atoms. The van der Waals surface area contributed by atoms with Crippen molar-refractivity contribution in [1.29, 1.82) is 0 Å². The summed E-state index contributed by atoms with van der Waals surface area (Å²) in [5, 5.41) is 11.2. The minimum atomic E-state index is -0.845. The van der Waals surface area contributed by atoms with Gasteiger partial charge in [0.2, 0.25) is 0 Å². The highest BCUT2D eigenvalue weighted by molar-refractivity contribution is 5.97. The zero-order chi connectivity index (χ0) is 17.8. The second kappa shape index (κ2) is 7.36. The van der Waals surface area contributed by atoms with E-state index in [2.05, 4.69) is 5.16 Å². The lowest BCUT2D eigenvalue weighted by atomic mass is 10.1. The summed E-state index contributed by atoms with van der Waals surface area (Å²) in [6, 6.07) is 1.93. The van der Waals surface area contributed by atoms with Gasteiger partial charge in [-0.25, -0.2) is 8.78 Å². The zero-order valence-corrected chi connectivity index (χ0v) is 13.6. The highest BCUT2D eigenvalue weighted by Gasteiger charge is 2.20. The first-order valence-corrected chi connectivity index (χ1v) is 6.89. The van der Waals surface area contributed by atoms with Crippen molar-refractivity contribution in [2.24, 2.45) is 10.9 Å². The maximum Gasteiger partial charge on any atom is 0.320 e. The summed E-state index contributed by atoms with van der Waals surface area (Å²) in [5.41, 5.74) is 4.39. The molecular weight excluding hydrogens is 308 g/mol. The lowest BCUT2D eigenvalue weighted by Gasteiger charge is -2.22. The third-order valence-corrected chi connectivity index (χ3v) is 2.79. The maximum absolute atomic E-state index is 14.0. The number of nitrogens with zero attached hydrogens (tertiary/aromatic N) is 2. The smallest absolute Gasteiger partial charge is 0.320 e. The molecule has 1 rings (SSSR count). The second-order valence-electron chi connectivity index (χ2n) is 6.16. The molecule has 1 aromatic rings. The maximum atomic E-state index is 14.0. The number of benzene rings is 1. The average Bonchev–Trinajstić information content (AvgIpc) is 2.39. The number of esters is 1. The van der Waals surface area contributed by atoms with Crippen molar-refractivity contribution in [3.8, 4) is 0 Å². The van der Waals surface area contributed by atoms with Gasteiger partial charge in [-0.2, -0.15) is 0 Å². The Morgan fingerprint density at radius 2 is 1.87 bits per heavy atom. The molecule has 0 amide bonds. The van der Waals surface area contributed by atoms with Crippen molar-refractivity contribution in [3.63, 3.8) is 0 Å². The lowest BCUT2D eigenvalue weighted by Crippen LogP contribution is -2.33. The SMILES string of the molecule is CN(CC(=O)OC(C)(C)C)Cc1c(F)cc(/C(N)=N\O)cc1F. The van der Waals surface area contributed by atoms with Crippen LogP contribution in [0.25, 0.3) is 0 Å². The van der Waals surface area contributed by atoms with Crippen LogP contribution in [0.5, 0.6) is 0 Å². The lowest BCUT2D eigenvalue weighted by molar-refractivity contribution is -0.155. The van der Waals surface area contributed by atoms with Gasteiger partial charge < -0.3 is 15.7 Å². The Bertz CT molecular complexity index is 589. The van der Waals surface area contributed by atoms with E-state index in [1.165, 1.54) is 4.90 Å². The molecule has 0 saturated carbocycles. The molecule has 0 spiro atoms. The second-order valence-corrected chi connectivity index (χ2v) is 6.16. The molecule has 0 unspecified atom stereocenters. The van der Waals surface area contributed by atoms with Crippen LogP contribution in [0.1, 0.15) is 31.9 Å². The van der Waals surface area contributed by atoms with Crippen molar-refractivity contribution < 1.29 is 23.5 Å². The average molecular weight is 329 g/mol. The minimum absolute atomic E-state index is 0.0685. The van der Waals surface area contributed by atoms with Gasteiger partial charge >= 0.3 is 5.97 Å². The van der Waals surface area contributed by atoms with E-state index in [0.29, 0.717) is 0 Å². The predicted molar refractivity (Wildman–Crippen MR) is 81.0 cm³/mol. The van der Waals surface area contributed by atoms with E-state index in [0.717, 1.165) is 12.1 Å². The fourth-order valence-electron chi connectivity index (χ4n) is 1.88. The molecule has 1 aromatic carbocycles. The number of ether oxygens (including phenoxy) is 1. The Morgan fingerprint density at radius 1 is 1.35 bits per heavy atom. The number of hydrogen-bond donors (Lipinski definition) is 2. The standard InChI is InChI=1S/C15H21F2N3O3/c1-15(2,3)23-13(21)8-20(4)7-10-11(16)5-9(6-12(10)17)14(18)19-22/h5-6,22H,7-8H2,1-4H3,(H2,18,19). The van der Waals surface area contributed by atoms with Crippen LogP contribution in [0.3, 0.4) is 0 Å². The Kier molecular flexibility index (Phi) is 6.03.